The van der Waals surface area contributed by atoms with E-state index in [1.165, 1.54) is 0 Å². The molecule has 0 unspecified atom stereocenters. The van der Waals surface area contributed by atoms with Crippen LogP contribution in [0.4, 0.5) is 0 Å². The van der Waals surface area contributed by atoms with E-state index in [1.807, 2.05) is 0 Å². The smallest absolute Gasteiger partial charge is 0.347 e. The van der Waals surface area contributed by atoms with Crippen LogP contribution in [0.25, 0.3) is 0 Å². The summed E-state index contributed by atoms with van der Waals surface area (Å²) in [7, 11) is 0. The van der Waals surface area contributed by atoms with Gasteiger partial charge >= 0.3 is 5.97 Å². The highest BCUT2D eigenvalue weighted by molar-refractivity contribution is 6.30. The molecule has 1 atom stereocenters. The molecule has 0 saturated heterocycles. The molecule has 120 valence electrons. The van der Waals surface area contributed by atoms with Gasteiger partial charge < -0.3 is 9.47 Å². The summed E-state index contributed by atoms with van der Waals surface area (Å²) in [4.78, 5) is 23.8. The monoisotopic (exact) mass is 352 g/mol. The summed E-state index contributed by atoms with van der Waals surface area (Å²) in [6.07, 6.45) is -0.839. The molecule has 0 aromatic heterocycles. The van der Waals surface area contributed by atoms with E-state index in [0.29, 0.717) is 21.4 Å². The lowest BCUT2D eigenvalue weighted by atomic mass is 10.1. The van der Waals surface area contributed by atoms with Crippen LogP contribution in [0.3, 0.4) is 0 Å². The number of hydrogen-bond acceptors (Lipinski definition) is 4. The number of Topliss-reactive ketones (excluding diaryl/α,β-unsaturated/α-hetero) is 1. The molecule has 0 aliphatic heterocycles. The predicted octanol–water partition coefficient (Wildman–Crippen LogP) is 4.19. The number of hydrogen-bond donors (Lipinski definition) is 0. The molecule has 0 aliphatic rings. The quantitative estimate of drug-likeness (QED) is 0.577. The number of esters is 1. The molecular formula is C17H14Cl2O4. The Morgan fingerprint density at radius 2 is 1.48 bits per heavy atom. The van der Waals surface area contributed by atoms with Gasteiger partial charge in [0, 0.05) is 15.6 Å². The lowest BCUT2D eigenvalue weighted by Gasteiger charge is -2.13. The summed E-state index contributed by atoms with van der Waals surface area (Å²) in [5.74, 6) is -0.446. The SMILES string of the molecule is C[C@@H](Oc1ccc(Cl)cc1)C(=O)OCC(=O)c1ccc(Cl)cc1. The lowest BCUT2D eigenvalue weighted by Crippen LogP contribution is -2.28. The van der Waals surface area contributed by atoms with E-state index in [-0.39, 0.29) is 12.4 Å². The summed E-state index contributed by atoms with van der Waals surface area (Å²) in [5.41, 5.74) is 0.425. The number of carbonyl (C=O) groups is 2. The first kappa shape index (κ1) is 17.3. The average molecular weight is 353 g/mol. The topological polar surface area (TPSA) is 52.6 Å². The van der Waals surface area contributed by atoms with Gasteiger partial charge in [-0.2, -0.15) is 0 Å². The Kier molecular flexibility index (Phi) is 6.02. The summed E-state index contributed by atoms with van der Waals surface area (Å²) in [5, 5.41) is 1.10. The van der Waals surface area contributed by atoms with Crippen molar-refractivity contribution in [3.63, 3.8) is 0 Å². The second kappa shape index (κ2) is 7.99. The van der Waals surface area contributed by atoms with Crippen LogP contribution in [0.2, 0.25) is 10.0 Å². The fraction of sp³-hybridized carbons (Fsp3) is 0.176. The highest BCUT2D eigenvalue weighted by Gasteiger charge is 2.18. The minimum atomic E-state index is -0.839. The molecule has 0 aliphatic carbocycles. The molecule has 0 fully saturated rings. The maximum atomic E-state index is 11.9. The maximum absolute atomic E-state index is 11.9. The van der Waals surface area contributed by atoms with Crippen LogP contribution >= 0.6 is 23.2 Å². The van der Waals surface area contributed by atoms with Crippen molar-refractivity contribution in [3.8, 4) is 5.75 Å². The van der Waals surface area contributed by atoms with E-state index >= 15 is 0 Å². The van der Waals surface area contributed by atoms with Gasteiger partial charge in [0.2, 0.25) is 0 Å². The Morgan fingerprint density at radius 3 is 2.04 bits per heavy atom. The predicted molar refractivity (Wildman–Crippen MR) is 88.3 cm³/mol. The number of rotatable bonds is 6. The second-order valence-electron chi connectivity index (χ2n) is 4.75. The molecule has 0 bridgehead atoms. The number of ketones is 1. The number of halogens is 2. The van der Waals surface area contributed by atoms with Crippen LogP contribution in [0.15, 0.2) is 48.5 Å². The minimum Gasteiger partial charge on any atom is -0.479 e. The fourth-order valence-corrected chi connectivity index (χ4v) is 1.99. The van der Waals surface area contributed by atoms with E-state index in [2.05, 4.69) is 0 Å². The van der Waals surface area contributed by atoms with E-state index in [9.17, 15) is 9.59 Å². The van der Waals surface area contributed by atoms with Gasteiger partial charge in [-0.1, -0.05) is 23.2 Å². The van der Waals surface area contributed by atoms with E-state index in [4.69, 9.17) is 32.7 Å². The standard InChI is InChI=1S/C17H14Cl2O4/c1-11(23-15-8-6-14(19)7-9-15)17(21)22-10-16(20)12-2-4-13(18)5-3-12/h2-9,11H,10H2,1H3/t11-/m1/s1. The van der Waals surface area contributed by atoms with Gasteiger partial charge in [0.05, 0.1) is 0 Å². The molecule has 0 saturated carbocycles. The van der Waals surface area contributed by atoms with Crippen molar-refractivity contribution >= 4 is 35.0 Å². The van der Waals surface area contributed by atoms with Crippen molar-refractivity contribution in [2.75, 3.05) is 6.61 Å². The van der Waals surface area contributed by atoms with Crippen LogP contribution < -0.4 is 4.74 Å². The third-order valence-electron chi connectivity index (χ3n) is 2.97. The first-order valence-corrected chi connectivity index (χ1v) is 7.59. The lowest BCUT2D eigenvalue weighted by molar-refractivity contribution is -0.149. The Morgan fingerprint density at radius 1 is 0.957 bits per heavy atom. The molecule has 6 heteroatoms. The molecule has 2 rings (SSSR count). The van der Waals surface area contributed by atoms with Gasteiger partial charge in [-0.05, 0) is 55.5 Å². The van der Waals surface area contributed by atoms with Crippen molar-refractivity contribution in [3.05, 3.63) is 64.1 Å². The second-order valence-corrected chi connectivity index (χ2v) is 5.62. The molecule has 0 amide bonds. The largest absolute Gasteiger partial charge is 0.479 e. The Balaban J connectivity index is 1.84. The molecule has 0 spiro atoms. The van der Waals surface area contributed by atoms with Gasteiger partial charge in [-0.3, -0.25) is 4.79 Å². The zero-order chi connectivity index (χ0) is 16.8. The molecule has 2 aromatic rings. The maximum Gasteiger partial charge on any atom is 0.347 e. The van der Waals surface area contributed by atoms with E-state index in [0.717, 1.165) is 0 Å². The Labute approximate surface area is 143 Å². The Hall–Kier alpha value is -2.04. The highest BCUT2D eigenvalue weighted by atomic mass is 35.5. The van der Waals surface area contributed by atoms with Crippen molar-refractivity contribution in [2.24, 2.45) is 0 Å². The van der Waals surface area contributed by atoms with Gasteiger partial charge in [0.1, 0.15) is 5.75 Å². The highest BCUT2D eigenvalue weighted by Crippen LogP contribution is 2.17. The van der Waals surface area contributed by atoms with Crippen LogP contribution in [0, 0.1) is 0 Å². The van der Waals surface area contributed by atoms with Gasteiger partial charge in [-0.25, -0.2) is 4.79 Å². The number of benzene rings is 2. The molecule has 0 N–H and O–H groups in total. The first-order chi connectivity index (χ1) is 11.0. The van der Waals surface area contributed by atoms with Crippen LogP contribution in [-0.4, -0.2) is 24.5 Å². The molecular weight excluding hydrogens is 339 g/mol. The van der Waals surface area contributed by atoms with Crippen LogP contribution in [0.1, 0.15) is 17.3 Å². The summed E-state index contributed by atoms with van der Waals surface area (Å²) >= 11 is 11.5. The number of ether oxygens (including phenoxy) is 2. The van der Waals surface area contributed by atoms with Gasteiger partial charge in [-0.15, -0.1) is 0 Å². The number of carbonyl (C=O) groups excluding carboxylic acids is 2. The minimum absolute atomic E-state index is 0.311. The molecule has 2 aromatic carbocycles. The van der Waals surface area contributed by atoms with Crippen molar-refractivity contribution in [2.45, 2.75) is 13.0 Å². The summed E-state index contributed by atoms with van der Waals surface area (Å²) < 4.78 is 10.4. The Bertz CT molecular complexity index is 681. The van der Waals surface area contributed by atoms with Crippen molar-refractivity contribution in [1.82, 2.24) is 0 Å². The third-order valence-corrected chi connectivity index (χ3v) is 3.47. The summed E-state index contributed by atoms with van der Waals surface area (Å²) in [6, 6.07) is 12.9. The van der Waals surface area contributed by atoms with Crippen LogP contribution in [0.5, 0.6) is 5.75 Å². The fourth-order valence-electron chi connectivity index (χ4n) is 1.74. The molecule has 0 heterocycles. The van der Waals surface area contributed by atoms with Crippen LogP contribution in [-0.2, 0) is 9.53 Å². The van der Waals surface area contributed by atoms with Crippen molar-refractivity contribution in [1.29, 1.82) is 0 Å². The molecule has 0 radical (unpaired) electrons. The molecule has 23 heavy (non-hydrogen) atoms. The third kappa shape index (κ3) is 5.27. The van der Waals surface area contributed by atoms with Gasteiger partial charge in [0.25, 0.3) is 0 Å². The van der Waals surface area contributed by atoms with E-state index < -0.39 is 12.1 Å². The van der Waals surface area contributed by atoms with E-state index in [1.54, 1.807) is 55.5 Å². The first-order valence-electron chi connectivity index (χ1n) is 6.83. The molecule has 4 nitrogen and oxygen atoms in total. The van der Waals surface area contributed by atoms with Crippen molar-refractivity contribution < 1.29 is 19.1 Å². The van der Waals surface area contributed by atoms with Gasteiger partial charge in [0.15, 0.2) is 18.5 Å². The zero-order valence-corrected chi connectivity index (χ0v) is 13.8. The summed E-state index contributed by atoms with van der Waals surface area (Å²) in [6.45, 7) is 1.19. The average Bonchev–Trinajstić information content (AvgIpc) is 2.55. The normalized spacial score (nSPS) is 11.6. The zero-order valence-electron chi connectivity index (χ0n) is 12.3.